The van der Waals surface area contributed by atoms with E-state index in [1.54, 1.807) is 0 Å². The van der Waals surface area contributed by atoms with Crippen LogP contribution in [0.1, 0.15) is 5.56 Å². The van der Waals surface area contributed by atoms with Crippen LogP contribution in [-0.4, -0.2) is 27.4 Å². The molecule has 9 heteroatoms. The van der Waals surface area contributed by atoms with Crippen LogP contribution in [0.4, 0.5) is 17.6 Å². The minimum atomic E-state index is -1.34. The molecule has 0 fully saturated rings. The van der Waals surface area contributed by atoms with Gasteiger partial charge in [-0.05, 0) is 0 Å². The Balaban J connectivity index is 3.41. The summed E-state index contributed by atoms with van der Waals surface area (Å²) in [6.07, 6.45) is 0. The quantitative estimate of drug-likeness (QED) is 0.658. The summed E-state index contributed by atoms with van der Waals surface area (Å²) >= 11 is 0. The van der Waals surface area contributed by atoms with Crippen LogP contribution in [0.2, 0.25) is 0 Å². The van der Waals surface area contributed by atoms with E-state index < -0.39 is 45.5 Å². The zero-order chi connectivity index (χ0) is 15.0. The van der Waals surface area contributed by atoms with Gasteiger partial charge >= 0.3 is 0 Å². The summed E-state index contributed by atoms with van der Waals surface area (Å²) in [4.78, 5) is 0. The molecule has 0 aliphatic rings. The minimum absolute atomic E-state index is 0.366. The predicted molar refractivity (Wildman–Crippen MR) is 57.2 cm³/mol. The molecule has 0 N–H and O–H groups in total. The average Bonchev–Trinajstić information content (AvgIpc) is 2.44. The molecule has 0 amide bonds. The van der Waals surface area contributed by atoms with E-state index >= 15 is 0 Å². The molecule has 0 saturated heterocycles. The molecule has 113 valence electrons. The number of rotatable bonds is 9. The Morgan fingerprint density at radius 3 is 1.45 bits per heavy atom. The molecule has 0 bridgehead atoms. The van der Waals surface area contributed by atoms with E-state index in [0.29, 0.717) is 0 Å². The third kappa shape index (κ3) is 3.56. The van der Waals surface area contributed by atoms with E-state index in [2.05, 4.69) is 18.9 Å². The summed E-state index contributed by atoms with van der Waals surface area (Å²) in [7, 11) is 0. The van der Waals surface area contributed by atoms with Crippen LogP contribution < -0.4 is 18.9 Å². The second kappa shape index (κ2) is 8.31. The Morgan fingerprint density at radius 2 is 1.15 bits per heavy atom. The van der Waals surface area contributed by atoms with Gasteiger partial charge in [0.2, 0.25) is 27.4 Å². The van der Waals surface area contributed by atoms with Crippen LogP contribution in [0.3, 0.4) is 0 Å². The Morgan fingerprint density at radius 1 is 0.750 bits per heavy atom. The first kappa shape index (κ1) is 16.2. The van der Waals surface area contributed by atoms with E-state index in [1.165, 1.54) is 0 Å². The monoisotopic (exact) mass is 299 g/mol. The van der Waals surface area contributed by atoms with Crippen molar-refractivity contribution in [1.29, 1.82) is 0 Å². The van der Waals surface area contributed by atoms with Crippen LogP contribution >= 0.6 is 0 Å². The predicted octanol–water partition coefficient (Wildman–Crippen LogP) is 2.84. The number of hydrogen-bond donors (Lipinski definition) is 0. The maximum Gasteiger partial charge on any atom is 0.228 e. The topological polar surface area (TPSA) is 56.8 Å². The molecule has 1 aromatic rings. The van der Waals surface area contributed by atoms with Crippen LogP contribution in [-0.2, 0) is 11.7 Å². The normalized spacial score (nSPS) is 10.2. The largest absolute Gasteiger partial charge is 0.459 e. The third-order valence-corrected chi connectivity index (χ3v) is 2.22. The first-order valence-corrected chi connectivity index (χ1v) is 5.26. The van der Waals surface area contributed by atoms with Crippen LogP contribution in [0.15, 0.2) is 6.07 Å². The molecule has 1 rings (SSSR count). The highest BCUT2D eigenvalue weighted by molar-refractivity contribution is 5.61. The van der Waals surface area contributed by atoms with Crippen molar-refractivity contribution in [2.75, 3.05) is 27.4 Å². The number of alkyl halides is 4. The summed E-state index contributed by atoms with van der Waals surface area (Å²) in [6, 6.07) is 0.911. The summed E-state index contributed by atoms with van der Waals surface area (Å²) < 4.78 is 67.1. The lowest BCUT2D eigenvalue weighted by Crippen LogP contribution is -2.06. The number of halogens is 4. The molecular formula is C11H11F4O5. The molecule has 0 saturated carbocycles. The highest BCUT2D eigenvalue weighted by Gasteiger charge is 2.23. The summed E-state index contributed by atoms with van der Waals surface area (Å²) in [5, 5.41) is 11.1. The molecule has 0 heterocycles. The van der Waals surface area contributed by atoms with E-state index in [9.17, 15) is 22.7 Å². The number of benzene rings is 1. The highest BCUT2D eigenvalue weighted by atomic mass is 19.1. The van der Waals surface area contributed by atoms with Gasteiger partial charge in [-0.25, -0.2) is 22.7 Å². The molecule has 1 radical (unpaired) electrons. The van der Waals surface area contributed by atoms with Crippen molar-refractivity contribution in [2.45, 2.75) is 6.61 Å². The van der Waals surface area contributed by atoms with Crippen molar-refractivity contribution < 1.29 is 41.6 Å². The third-order valence-electron chi connectivity index (χ3n) is 2.22. The standard InChI is InChI=1S/C11H11F4O5/c12-3-17-8-1-9(18-4-13)11(20-6-15)7(2-16)10(8)19-5-14/h1H,2-6H2. The highest BCUT2D eigenvalue weighted by Crippen LogP contribution is 2.45. The molecule has 0 aliphatic heterocycles. The van der Waals surface area contributed by atoms with Gasteiger partial charge < -0.3 is 18.9 Å². The fraction of sp³-hybridized carbons (Fsp3) is 0.455. The first-order chi connectivity index (χ1) is 9.73. The van der Waals surface area contributed by atoms with E-state index in [4.69, 9.17) is 0 Å². The second-order valence-electron chi connectivity index (χ2n) is 3.17. The molecular weight excluding hydrogens is 288 g/mol. The fourth-order valence-electron chi connectivity index (χ4n) is 1.54. The summed E-state index contributed by atoms with van der Waals surface area (Å²) in [5.41, 5.74) is -0.366. The Bertz CT molecular complexity index is 396. The SMILES string of the molecule is [O]Cc1c(OCF)c(OCF)cc(OCF)c1OCF. The molecule has 0 unspecified atom stereocenters. The van der Waals surface area contributed by atoms with Crippen LogP contribution in [0.25, 0.3) is 0 Å². The van der Waals surface area contributed by atoms with Gasteiger partial charge in [0.1, 0.15) is 6.61 Å². The maximum absolute atomic E-state index is 12.3. The van der Waals surface area contributed by atoms with Crippen molar-refractivity contribution in [2.24, 2.45) is 0 Å². The smallest absolute Gasteiger partial charge is 0.228 e. The van der Waals surface area contributed by atoms with Crippen molar-refractivity contribution in [1.82, 2.24) is 0 Å². The van der Waals surface area contributed by atoms with Crippen molar-refractivity contribution in [3.05, 3.63) is 11.6 Å². The molecule has 0 aliphatic carbocycles. The Kier molecular flexibility index (Phi) is 6.71. The Labute approximate surface area is 111 Å². The van der Waals surface area contributed by atoms with E-state index in [-0.39, 0.29) is 17.1 Å². The van der Waals surface area contributed by atoms with Crippen molar-refractivity contribution in [3.8, 4) is 23.0 Å². The number of hydrogen-bond acceptors (Lipinski definition) is 4. The van der Waals surface area contributed by atoms with Crippen molar-refractivity contribution >= 4 is 0 Å². The molecule has 0 spiro atoms. The lowest BCUT2D eigenvalue weighted by molar-refractivity contribution is 0.125. The molecule has 0 aromatic heterocycles. The van der Waals surface area contributed by atoms with Gasteiger partial charge in [-0.1, -0.05) is 0 Å². The van der Waals surface area contributed by atoms with Gasteiger partial charge in [-0.15, -0.1) is 0 Å². The summed E-state index contributed by atoms with van der Waals surface area (Å²) in [6.45, 7) is -6.32. The number of ether oxygens (including phenoxy) is 4. The van der Waals surface area contributed by atoms with Gasteiger partial charge in [0.05, 0.1) is 5.56 Å². The van der Waals surface area contributed by atoms with Crippen LogP contribution in [0.5, 0.6) is 23.0 Å². The van der Waals surface area contributed by atoms with Gasteiger partial charge in [-0.2, -0.15) is 0 Å². The average molecular weight is 299 g/mol. The maximum atomic E-state index is 12.3. The minimum Gasteiger partial charge on any atom is -0.459 e. The molecule has 5 nitrogen and oxygen atoms in total. The Hall–Kier alpha value is -1.90. The molecule has 20 heavy (non-hydrogen) atoms. The lowest BCUT2D eigenvalue weighted by Gasteiger charge is -2.18. The van der Waals surface area contributed by atoms with Gasteiger partial charge in [0.25, 0.3) is 0 Å². The molecule has 0 atom stereocenters. The van der Waals surface area contributed by atoms with Gasteiger partial charge in [0, 0.05) is 6.07 Å². The van der Waals surface area contributed by atoms with Crippen LogP contribution in [0, 0.1) is 0 Å². The van der Waals surface area contributed by atoms with Crippen molar-refractivity contribution in [3.63, 3.8) is 0 Å². The first-order valence-electron chi connectivity index (χ1n) is 5.26. The zero-order valence-corrected chi connectivity index (χ0v) is 10.2. The van der Waals surface area contributed by atoms with E-state index in [1.807, 2.05) is 0 Å². The zero-order valence-electron chi connectivity index (χ0n) is 10.2. The second-order valence-corrected chi connectivity index (χ2v) is 3.17. The lowest BCUT2D eigenvalue weighted by atomic mass is 10.1. The van der Waals surface area contributed by atoms with E-state index in [0.717, 1.165) is 6.07 Å². The van der Waals surface area contributed by atoms with Gasteiger partial charge in [-0.3, -0.25) is 0 Å². The molecule has 1 aromatic carbocycles. The summed E-state index contributed by atoms with van der Waals surface area (Å²) in [5.74, 6) is -1.67. The fourth-order valence-corrected chi connectivity index (χ4v) is 1.54. The van der Waals surface area contributed by atoms with Gasteiger partial charge in [0.15, 0.2) is 23.0 Å².